The topological polar surface area (TPSA) is 63.2 Å². The summed E-state index contributed by atoms with van der Waals surface area (Å²) < 4.78 is 0. The molecule has 2 fully saturated rings. The lowest BCUT2D eigenvalue weighted by atomic mass is 9.67. The Morgan fingerprint density at radius 1 is 1.05 bits per heavy atom. The zero-order chi connectivity index (χ0) is 15.7. The van der Waals surface area contributed by atoms with Crippen molar-refractivity contribution in [1.29, 1.82) is 0 Å². The highest BCUT2D eigenvalue weighted by Crippen LogP contribution is 2.40. The van der Waals surface area contributed by atoms with Crippen molar-refractivity contribution in [3.8, 4) is 0 Å². The summed E-state index contributed by atoms with van der Waals surface area (Å²) in [6, 6.07) is 6.95. The van der Waals surface area contributed by atoms with Crippen LogP contribution in [0, 0.1) is 17.8 Å². The van der Waals surface area contributed by atoms with Crippen LogP contribution in [0.15, 0.2) is 24.3 Å². The Hall–Kier alpha value is -1.97. The van der Waals surface area contributed by atoms with E-state index in [-0.39, 0.29) is 29.4 Å². The molecule has 2 aliphatic carbocycles. The lowest BCUT2D eigenvalue weighted by Crippen LogP contribution is -2.40. The summed E-state index contributed by atoms with van der Waals surface area (Å²) in [6.07, 6.45) is 4.36. The fourth-order valence-electron chi connectivity index (χ4n) is 3.73. The Labute approximate surface area is 130 Å². The number of fused-ring (bicyclic) bond motifs is 2. The first-order valence-corrected chi connectivity index (χ1v) is 8.00. The molecule has 0 saturated heterocycles. The average molecular weight is 299 g/mol. The molecule has 1 amide bonds. The second kappa shape index (κ2) is 6.03. The van der Waals surface area contributed by atoms with Gasteiger partial charge in [0.05, 0.1) is 0 Å². The third-order valence-electron chi connectivity index (χ3n) is 4.98. The number of hydrogen-bond acceptors (Lipinski definition) is 3. The molecule has 4 heteroatoms. The summed E-state index contributed by atoms with van der Waals surface area (Å²) in [5, 5.41) is 2.92. The van der Waals surface area contributed by atoms with E-state index in [0.29, 0.717) is 29.9 Å². The van der Waals surface area contributed by atoms with Crippen LogP contribution >= 0.6 is 0 Å². The van der Waals surface area contributed by atoms with Gasteiger partial charge in [-0.05, 0) is 56.9 Å². The molecule has 0 unspecified atom stereocenters. The Bertz CT molecular complexity index is 589. The molecular formula is C18H21NO3. The first kappa shape index (κ1) is 14.9. The third kappa shape index (κ3) is 2.96. The van der Waals surface area contributed by atoms with E-state index >= 15 is 0 Å². The van der Waals surface area contributed by atoms with E-state index < -0.39 is 0 Å². The fourth-order valence-corrected chi connectivity index (χ4v) is 3.73. The van der Waals surface area contributed by atoms with Crippen LogP contribution in [0.1, 0.15) is 49.4 Å². The van der Waals surface area contributed by atoms with Crippen molar-refractivity contribution >= 4 is 23.2 Å². The predicted molar refractivity (Wildman–Crippen MR) is 83.6 cm³/mol. The summed E-state index contributed by atoms with van der Waals surface area (Å²) in [7, 11) is 0. The van der Waals surface area contributed by atoms with Crippen LogP contribution in [0.2, 0.25) is 0 Å². The van der Waals surface area contributed by atoms with E-state index in [4.69, 9.17) is 0 Å². The second-order valence-corrected chi connectivity index (χ2v) is 6.52. The van der Waals surface area contributed by atoms with Crippen LogP contribution in [0.3, 0.4) is 0 Å². The molecule has 0 heterocycles. The van der Waals surface area contributed by atoms with Crippen LogP contribution < -0.4 is 5.32 Å². The molecule has 22 heavy (non-hydrogen) atoms. The van der Waals surface area contributed by atoms with Crippen LogP contribution in [-0.4, -0.2) is 17.5 Å². The van der Waals surface area contributed by atoms with Crippen molar-refractivity contribution in [3.05, 3.63) is 29.8 Å². The largest absolute Gasteiger partial charge is 0.326 e. The van der Waals surface area contributed by atoms with Crippen molar-refractivity contribution in [2.24, 2.45) is 17.8 Å². The zero-order valence-electron chi connectivity index (χ0n) is 12.8. The van der Waals surface area contributed by atoms with Crippen LogP contribution in [0.4, 0.5) is 5.69 Å². The molecule has 4 nitrogen and oxygen atoms in total. The Kier molecular flexibility index (Phi) is 4.10. The molecule has 0 aromatic heterocycles. The summed E-state index contributed by atoms with van der Waals surface area (Å²) in [4.78, 5) is 35.8. The van der Waals surface area contributed by atoms with Crippen molar-refractivity contribution in [2.45, 2.75) is 39.0 Å². The van der Waals surface area contributed by atoms with E-state index in [1.807, 2.05) is 0 Å². The van der Waals surface area contributed by atoms with Crippen molar-refractivity contribution in [3.63, 3.8) is 0 Å². The van der Waals surface area contributed by atoms with Gasteiger partial charge in [-0.15, -0.1) is 0 Å². The molecule has 2 bridgehead atoms. The van der Waals surface area contributed by atoms with Gasteiger partial charge in [-0.25, -0.2) is 0 Å². The van der Waals surface area contributed by atoms with Gasteiger partial charge in [0.2, 0.25) is 5.91 Å². The number of nitrogens with one attached hydrogen (secondary N) is 1. The number of anilines is 1. The van der Waals surface area contributed by atoms with Gasteiger partial charge < -0.3 is 5.32 Å². The van der Waals surface area contributed by atoms with E-state index in [2.05, 4.69) is 5.32 Å². The van der Waals surface area contributed by atoms with Gasteiger partial charge in [-0.1, -0.05) is 6.42 Å². The first-order valence-electron chi connectivity index (χ1n) is 8.00. The summed E-state index contributed by atoms with van der Waals surface area (Å²) in [5.41, 5.74) is 1.34. The molecule has 0 radical (unpaired) electrons. The third-order valence-corrected chi connectivity index (χ3v) is 4.98. The summed E-state index contributed by atoms with van der Waals surface area (Å²) in [6.45, 7) is 1.52. The number of rotatable bonds is 3. The van der Waals surface area contributed by atoms with Gasteiger partial charge in [0.15, 0.2) is 5.78 Å². The van der Waals surface area contributed by atoms with Crippen LogP contribution in [-0.2, 0) is 9.59 Å². The van der Waals surface area contributed by atoms with Crippen molar-refractivity contribution in [2.75, 3.05) is 5.32 Å². The van der Waals surface area contributed by atoms with Gasteiger partial charge in [0.1, 0.15) is 5.78 Å². The Morgan fingerprint density at radius 2 is 1.64 bits per heavy atom. The molecule has 2 saturated carbocycles. The maximum atomic E-state index is 12.4. The van der Waals surface area contributed by atoms with Gasteiger partial charge in [-0.3, -0.25) is 14.4 Å². The molecule has 3 rings (SSSR count). The molecule has 0 spiro atoms. The smallest absolute Gasteiger partial charge is 0.227 e. The summed E-state index contributed by atoms with van der Waals surface area (Å²) in [5.74, 6) is 0.491. The van der Waals surface area contributed by atoms with E-state index in [0.717, 1.165) is 19.3 Å². The predicted octanol–water partition coefficient (Wildman–Crippen LogP) is 3.22. The maximum Gasteiger partial charge on any atom is 0.227 e. The lowest BCUT2D eigenvalue weighted by Gasteiger charge is -2.36. The number of ketones is 2. The fraction of sp³-hybridized carbons (Fsp3) is 0.500. The van der Waals surface area contributed by atoms with Crippen LogP contribution in [0.25, 0.3) is 0 Å². The molecule has 2 atom stereocenters. The minimum atomic E-state index is -0.0690. The Morgan fingerprint density at radius 3 is 2.18 bits per heavy atom. The average Bonchev–Trinajstić information content (AvgIpc) is 2.47. The summed E-state index contributed by atoms with van der Waals surface area (Å²) >= 11 is 0. The van der Waals surface area contributed by atoms with E-state index in [9.17, 15) is 14.4 Å². The number of carbonyl (C=O) groups is 3. The molecular weight excluding hydrogens is 278 g/mol. The maximum absolute atomic E-state index is 12.4. The highest BCUT2D eigenvalue weighted by Gasteiger charge is 2.41. The van der Waals surface area contributed by atoms with Gasteiger partial charge in [0, 0.05) is 29.0 Å². The Balaban J connectivity index is 1.64. The highest BCUT2D eigenvalue weighted by atomic mass is 16.2. The molecule has 1 aromatic carbocycles. The van der Waals surface area contributed by atoms with Crippen molar-refractivity contribution in [1.82, 2.24) is 0 Å². The molecule has 2 aliphatic rings. The van der Waals surface area contributed by atoms with E-state index in [1.165, 1.54) is 6.92 Å². The number of amides is 1. The second-order valence-electron chi connectivity index (χ2n) is 6.52. The molecule has 1 aromatic rings. The number of benzene rings is 1. The molecule has 1 N–H and O–H groups in total. The quantitative estimate of drug-likeness (QED) is 0.872. The highest BCUT2D eigenvalue weighted by molar-refractivity contribution is 5.97. The van der Waals surface area contributed by atoms with Gasteiger partial charge in [-0.2, -0.15) is 0 Å². The van der Waals surface area contributed by atoms with Crippen LogP contribution in [0.5, 0.6) is 0 Å². The minimum Gasteiger partial charge on any atom is -0.326 e. The van der Waals surface area contributed by atoms with Crippen molar-refractivity contribution < 1.29 is 14.4 Å². The molecule has 116 valence electrons. The standard InChI is InChI=1S/C18H21NO3/c1-11(20)12-5-7-16(8-6-12)19-18(22)15-9-13-3-2-4-14(10-15)17(13)21/h5-8,13-15H,2-4,9-10H2,1H3,(H,19,22)/t13-,14-/m0/s1. The SMILES string of the molecule is CC(=O)c1ccc(NC(=O)C2C[C@@H]3CCC[C@@H](C2)C3=O)cc1. The normalized spacial score (nSPS) is 27.3. The first-order chi connectivity index (χ1) is 10.5. The number of Topliss-reactive ketones (excluding diaryl/α,β-unsaturated/α-hetero) is 2. The lowest BCUT2D eigenvalue weighted by molar-refractivity contribution is -0.136. The number of hydrogen-bond donors (Lipinski definition) is 1. The monoisotopic (exact) mass is 299 g/mol. The minimum absolute atomic E-state index is 0.0000231. The van der Waals surface area contributed by atoms with E-state index in [1.54, 1.807) is 24.3 Å². The number of carbonyl (C=O) groups excluding carboxylic acids is 3. The zero-order valence-corrected chi connectivity index (χ0v) is 12.8. The van der Waals surface area contributed by atoms with Gasteiger partial charge in [0.25, 0.3) is 0 Å². The molecule has 0 aliphatic heterocycles. The van der Waals surface area contributed by atoms with Gasteiger partial charge >= 0.3 is 0 Å².